The molecule has 2 aliphatic rings. The lowest BCUT2D eigenvalue weighted by molar-refractivity contribution is -0.133. The Bertz CT molecular complexity index is 711. The lowest BCUT2D eigenvalue weighted by Crippen LogP contribution is -2.46. The van der Waals surface area contributed by atoms with Gasteiger partial charge in [0.15, 0.2) is 0 Å². The van der Waals surface area contributed by atoms with Crippen LogP contribution in [-0.2, 0) is 17.9 Å². The van der Waals surface area contributed by atoms with Crippen LogP contribution in [0.2, 0.25) is 0 Å². The van der Waals surface area contributed by atoms with Gasteiger partial charge in [0.2, 0.25) is 5.91 Å². The Morgan fingerprint density at radius 2 is 1.78 bits per heavy atom. The van der Waals surface area contributed by atoms with Gasteiger partial charge in [-0.15, -0.1) is 26.3 Å². The Balaban J connectivity index is 0.000000294. The molecule has 2 N–H and O–H groups in total. The fraction of sp³-hybridized carbons (Fsp3) is 0.440. The first-order chi connectivity index (χ1) is 15.7. The molecule has 1 saturated carbocycles. The molecule has 2 heterocycles. The summed E-state index contributed by atoms with van der Waals surface area (Å²) in [5, 5.41) is 14.3. The standard InChI is InChI=1S/C13H17N3O.C8H14N2O.2C2H4/c17-16(11-13-5-2-1-3-6-13)9-4-8-15-10-7-14-12-15;11-8(7-1-2-7)10-5-3-9-4-6-10;2*1-2/h1-3,5-7,10,12,17H,4,8-9,11H2;7,9H,1-6H2;2*1-2H2. The fourth-order valence-corrected chi connectivity index (χ4v) is 3.20. The third kappa shape index (κ3) is 11.0. The first-order valence-electron chi connectivity index (χ1n) is 11.2. The zero-order valence-electron chi connectivity index (χ0n) is 19.2. The maximum Gasteiger partial charge on any atom is 0.225 e. The normalized spacial score (nSPS) is 14.8. The van der Waals surface area contributed by atoms with Gasteiger partial charge in [0.05, 0.1) is 6.33 Å². The van der Waals surface area contributed by atoms with Crippen LogP contribution < -0.4 is 5.32 Å². The third-order valence-electron chi connectivity index (χ3n) is 4.95. The molecule has 1 aromatic carbocycles. The van der Waals surface area contributed by atoms with Crippen LogP contribution in [0, 0.1) is 5.92 Å². The molecule has 4 rings (SSSR count). The van der Waals surface area contributed by atoms with E-state index >= 15 is 0 Å². The van der Waals surface area contributed by atoms with Crippen molar-refractivity contribution in [2.45, 2.75) is 32.4 Å². The molecule has 1 amide bonds. The van der Waals surface area contributed by atoms with Crippen LogP contribution in [0.5, 0.6) is 0 Å². The van der Waals surface area contributed by atoms with E-state index < -0.39 is 0 Å². The highest BCUT2D eigenvalue weighted by molar-refractivity contribution is 5.81. The number of amides is 1. The minimum atomic E-state index is 0.395. The summed E-state index contributed by atoms with van der Waals surface area (Å²) in [5.41, 5.74) is 1.12. The van der Waals surface area contributed by atoms with Gasteiger partial charge in [-0.2, -0.15) is 5.06 Å². The van der Waals surface area contributed by atoms with E-state index in [1.807, 2.05) is 46.0 Å². The Morgan fingerprint density at radius 1 is 1.12 bits per heavy atom. The van der Waals surface area contributed by atoms with Gasteiger partial charge in [0.25, 0.3) is 0 Å². The number of imidazole rings is 1. The molecule has 2 aromatic rings. The monoisotopic (exact) mass is 441 g/mol. The van der Waals surface area contributed by atoms with Crippen molar-refractivity contribution in [2.75, 3.05) is 32.7 Å². The van der Waals surface area contributed by atoms with Crippen LogP contribution >= 0.6 is 0 Å². The highest BCUT2D eigenvalue weighted by Crippen LogP contribution is 2.30. The Morgan fingerprint density at radius 3 is 2.34 bits per heavy atom. The molecule has 7 nitrogen and oxygen atoms in total. The maximum absolute atomic E-state index is 11.5. The van der Waals surface area contributed by atoms with Gasteiger partial charge < -0.3 is 20.0 Å². The van der Waals surface area contributed by atoms with E-state index in [9.17, 15) is 10.0 Å². The molecule has 1 aromatic heterocycles. The van der Waals surface area contributed by atoms with Crippen LogP contribution in [0.4, 0.5) is 0 Å². The molecular weight excluding hydrogens is 402 g/mol. The Kier molecular flexibility index (Phi) is 14.4. The van der Waals surface area contributed by atoms with Crippen LogP contribution in [0.3, 0.4) is 0 Å². The van der Waals surface area contributed by atoms with Crippen molar-refractivity contribution < 1.29 is 10.0 Å². The van der Waals surface area contributed by atoms with Gasteiger partial charge in [-0.25, -0.2) is 4.98 Å². The largest absolute Gasteiger partial charge is 0.340 e. The molecule has 1 saturated heterocycles. The fourth-order valence-electron chi connectivity index (χ4n) is 3.20. The summed E-state index contributed by atoms with van der Waals surface area (Å²) in [6.45, 7) is 17.9. The number of benzene rings is 1. The van der Waals surface area contributed by atoms with E-state index in [4.69, 9.17) is 0 Å². The second-order valence-corrected chi connectivity index (χ2v) is 7.38. The third-order valence-corrected chi connectivity index (χ3v) is 4.95. The quantitative estimate of drug-likeness (QED) is 0.507. The van der Waals surface area contributed by atoms with Crippen LogP contribution in [0.25, 0.3) is 0 Å². The molecular formula is C25H39N5O2. The number of piperazine rings is 1. The second-order valence-electron chi connectivity index (χ2n) is 7.38. The number of carbonyl (C=O) groups is 1. The maximum atomic E-state index is 11.5. The zero-order chi connectivity index (χ0) is 23.6. The average Bonchev–Trinajstić information content (AvgIpc) is 3.59. The summed E-state index contributed by atoms with van der Waals surface area (Å²) in [6, 6.07) is 9.96. The van der Waals surface area contributed by atoms with Crippen molar-refractivity contribution in [3.05, 3.63) is 80.9 Å². The van der Waals surface area contributed by atoms with E-state index in [1.54, 1.807) is 12.5 Å². The summed E-state index contributed by atoms with van der Waals surface area (Å²) >= 11 is 0. The van der Waals surface area contributed by atoms with Crippen LogP contribution in [-0.4, -0.2) is 63.4 Å². The first-order valence-corrected chi connectivity index (χ1v) is 11.2. The molecule has 32 heavy (non-hydrogen) atoms. The highest BCUT2D eigenvalue weighted by atomic mass is 16.5. The topological polar surface area (TPSA) is 73.6 Å². The van der Waals surface area contributed by atoms with Gasteiger partial charge in [-0.05, 0) is 24.8 Å². The smallest absolute Gasteiger partial charge is 0.225 e. The van der Waals surface area contributed by atoms with E-state index in [1.165, 1.54) is 5.06 Å². The molecule has 1 aliphatic carbocycles. The minimum Gasteiger partial charge on any atom is -0.340 e. The number of hydrogen-bond acceptors (Lipinski definition) is 5. The molecule has 2 fully saturated rings. The zero-order valence-corrected chi connectivity index (χ0v) is 19.2. The van der Waals surface area contributed by atoms with Crippen molar-refractivity contribution in [1.29, 1.82) is 0 Å². The molecule has 0 atom stereocenters. The van der Waals surface area contributed by atoms with Gasteiger partial charge in [-0.1, -0.05) is 30.3 Å². The van der Waals surface area contributed by atoms with Crippen molar-refractivity contribution in [3.63, 3.8) is 0 Å². The summed E-state index contributed by atoms with van der Waals surface area (Å²) in [7, 11) is 0. The van der Waals surface area contributed by atoms with Crippen LogP contribution in [0.1, 0.15) is 24.8 Å². The Labute approximate surface area is 193 Å². The van der Waals surface area contributed by atoms with Crippen LogP contribution in [0.15, 0.2) is 75.4 Å². The number of nitrogens with zero attached hydrogens (tertiary/aromatic N) is 4. The number of nitrogens with one attached hydrogen (secondary N) is 1. The molecule has 0 bridgehead atoms. The highest BCUT2D eigenvalue weighted by Gasteiger charge is 2.33. The summed E-state index contributed by atoms with van der Waals surface area (Å²) in [5.74, 6) is 0.791. The predicted molar refractivity (Wildman–Crippen MR) is 130 cm³/mol. The van der Waals surface area contributed by atoms with E-state index in [0.717, 1.165) is 57.5 Å². The number of carbonyl (C=O) groups excluding carboxylic acids is 1. The molecule has 0 spiro atoms. The molecule has 0 unspecified atom stereocenters. The van der Waals surface area contributed by atoms with Crippen molar-refractivity contribution in [3.8, 4) is 0 Å². The number of aryl methyl sites for hydroxylation is 1. The number of rotatable bonds is 7. The number of aromatic nitrogens is 2. The first kappa shape index (κ1) is 27.3. The second kappa shape index (κ2) is 16.9. The van der Waals surface area contributed by atoms with E-state index in [-0.39, 0.29) is 0 Å². The summed E-state index contributed by atoms with van der Waals surface area (Å²) < 4.78 is 2.01. The van der Waals surface area contributed by atoms with Gasteiger partial charge in [0, 0.05) is 64.1 Å². The number of hydrogen-bond donors (Lipinski definition) is 2. The Hall–Kier alpha value is -2.74. The van der Waals surface area contributed by atoms with Crippen molar-refractivity contribution in [2.24, 2.45) is 5.92 Å². The number of hydroxylamine groups is 2. The van der Waals surface area contributed by atoms with Gasteiger partial charge in [0.1, 0.15) is 0 Å². The van der Waals surface area contributed by atoms with Crippen molar-refractivity contribution >= 4 is 5.91 Å². The van der Waals surface area contributed by atoms with Gasteiger partial charge >= 0.3 is 0 Å². The lowest BCUT2D eigenvalue weighted by Gasteiger charge is -2.27. The van der Waals surface area contributed by atoms with E-state index in [2.05, 4.69) is 36.6 Å². The average molecular weight is 442 g/mol. The summed E-state index contributed by atoms with van der Waals surface area (Å²) in [4.78, 5) is 17.4. The minimum absolute atomic E-state index is 0.395. The molecule has 176 valence electrons. The predicted octanol–water partition coefficient (Wildman–Crippen LogP) is 3.60. The lowest BCUT2D eigenvalue weighted by atomic mass is 10.2. The van der Waals surface area contributed by atoms with E-state index in [0.29, 0.717) is 24.9 Å². The SMILES string of the molecule is C=C.C=C.O=C(C1CC1)N1CCNCC1.ON(CCCn1ccnc1)Cc1ccccc1. The summed E-state index contributed by atoms with van der Waals surface area (Å²) in [6.07, 6.45) is 8.64. The molecule has 1 aliphatic heterocycles. The van der Waals surface area contributed by atoms with Crippen molar-refractivity contribution in [1.82, 2.24) is 24.8 Å². The molecule has 7 heteroatoms. The molecule has 0 radical (unpaired) electrons. The van der Waals surface area contributed by atoms with Gasteiger partial charge in [-0.3, -0.25) is 4.79 Å².